The van der Waals surface area contributed by atoms with Crippen LogP contribution < -0.4 is 5.73 Å². The third-order valence-electron chi connectivity index (χ3n) is 1.59. The largest absolute Gasteiger partial charge is 0.460 e. The number of nitrogens with zero attached hydrogens (tertiary/aromatic N) is 1. The first-order valence-electron chi connectivity index (χ1n) is 5.74. The van der Waals surface area contributed by atoms with Crippen molar-refractivity contribution in [3.8, 4) is 0 Å². The Morgan fingerprint density at radius 2 is 1.95 bits per heavy atom. The minimum Gasteiger partial charge on any atom is -0.460 e. The molecule has 0 aliphatic rings. The van der Waals surface area contributed by atoms with Gasteiger partial charge in [-0.3, -0.25) is 0 Å². The molecule has 0 saturated heterocycles. The Morgan fingerprint density at radius 1 is 1.32 bits per heavy atom. The molecule has 0 fully saturated rings. The maximum atomic E-state index is 10.6. The number of isocyanates is 1. The minimum atomic E-state index is -0.682. The van der Waals surface area contributed by atoms with E-state index in [2.05, 4.69) is 26.8 Å². The number of nitrogens with two attached hydrogens (primary N) is 1. The summed E-state index contributed by atoms with van der Waals surface area (Å²) < 4.78 is 9.02. The fourth-order valence-corrected chi connectivity index (χ4v) is 0.670. The van der Waals surface area contributed by atoms with Crippen LogP contribution in [0.15, 0.2) is 17.1 Å². The summed E-state index contributed by atoms with van der Waals surface area (Å²) in [7, 11) is 0. The van der Waals surface area contributed by atoms with Gasteiger partial charge in [-0.05, 0) is 13.3 Å². The van der Waals surface area contributed by atoms with Crippen LogP contribution in [0, 0.1) is 0 Å². The zero-order valence-corrected chi connectivity index (χ0v) is 11.3. The molecule has 19 heavy (non-hydrogen) atoms. The van der Waals surface area contributed by atoms with E-state index in [0.29, 0.717) is 12.2 Å². The van der Waals surface area contributed by atoms with Crippen molar-refractivity contribution in [1.29, 1.82) is 0 Å². The molecule has 0 aliphatic carbocycles. The van der Waals surface area contributed by atoms with Gasteiger partial charge in [0.15, 0.2) is 0 Å². The molecule has 0 rings (SSSR count). The summed E-state index contributed by atoms with van der Waals surface area (Å²) in [5.74, 6) is -0.467. The predicted molar refractivity (Wildman–Crippen MR) is 69.2 cm³/mol. The van der Waals surface area contributed by atoms with Gasteiger partial charge in [-0.25, -0.2) is 19.4 Å². The summed E-state index contributed by atoms with van der Waals surface area (Å²) in [6, 6.07) is 0. The number of aliphatic imine (C=N–C) groups is 1. The third kappa shape index (κ3) is 18.4. The van der Waals surface area contributed by atoms with Crippen LogP contribution in [0.1, 0.15) is 26.7 Å². The van der Waals surface area contributed by atoms with Gasteiger partial charge in [-0.2, -0.15) is 0 Å². The van der Waals surface area contributed by atoms with Crippen molar-refractivity contribution in [3.05, 3.63) is 12.2 Å². The number of hydrogen-bond donors (Lipinski definition) is 1. The van der Waals surface area contributed by atoms with Crippen LogP contribution in [-0.4, -0.2) is 37.9 Å². The molecule has 0 radical (unpaired) electrons. The number of rotatable bonds is 7. The zero-order chi connectivity index (χ0) is 15.1. The predicted octanol–water partition coefficient (Wildman–Crippen LogP) is 1.32. The molecule has 0 spiro atoms. The fourth-order valence-electron chi connectivity index (χ4n) is 0.670. The number of carbonyl (C=O) groups is 2. The SMILES string of the molecule is C=C(C)C(=O)OCCN=C=O.CCCCOC(N)=O. The minimum absolute atomic E-state index is 0.0981. The molecule has 2 N–H and O–H groups in total. The van der Waals surface area contributed by atoms with Crippen molar-refractivity contribution < 1.29 is 23.9 Å². The molecule has 108 valence electrons. The van der Waals surface area contributed by atoms with Crippen LogP contribution in [-0.2, 0) is 19.1 Å². The highest BCUT2D eigenvalue weighted by atomic mass is 16.5. The maximum absolute atomic E-state index is 10.6. The zero-order valence-electron chi connectivity index (χ0n) is 11.3. The first kappa shape index (κ1) is 19.2. The Kier molecular flexibility index (Phi) is 14.1. The highest BCUT2D eigenvalue weighted by Crippen LogP contribution is 1.90. The van der Waals surface area contributed by atoms with E-state index in [4.69, 9.17) is 0 Å². The van der Waals surface area contributed by atoms with Crippen LogP contribution in [0.5, 0.6) is 0 Å². The Bertz CT molecular complexity index is 335. The molecule has 0 unspecified atom stereocenters. The van der Waals surface area contributed by atoms with Crippen molar-refractivity contribution in [3.63, 3.8) is 0 Å². The summed E-state index contributed by atoms with van der Waals surface area (Å²) >= 11 is 0. The number of carbonyl (C=O) groups excluding carboxylic acids is 3. The smallest absolute Gasteiger partial charge is 0.404 e. The van der Waals surface area contributed by atoms with Gasteiger partial charge in [0.05, 0.1) is 13.2 Å². The van der Waals surface area contributed by atoms with Crippen LogP contribution in [0.4, 0.5) is 4.79 Å². The second kappa shape index (κ2) is 13.9. The lowest BCUT2D eigenvalue weighted by Gasteiger charge is -1.99. The molecule has 7 heteroatoms. The van der Waals surface area contributed by atoms with E-state index < -0.39 is 12.1 Å². The summed E-state index contributed by atoms with van der Waals surface area (Å²) in [6.45, 7) is 7.64. The molecule has 7 nitrogen and oxygen atoms in total. The highest BCUT2D eigenvalue weighted by Gasteiger charge is 2.00. The van der Waals surface area contributed by atoms with E-state index in [9.17, 15) is 14.4 Å². The van der Waals surface area contributed by atoms with Gasteiger partial charge in [0.2, 0.25) is 6.08 Å². The average Bonchev–Trinajstić information content (AvgIpc) is 2.35. The molecular weight excluding hydrogens is 252 g/mol. The maximum Gasteiger partial charge on any atom is 0.404 e. The molecular formula is C12H20N2O5. The molecule has 0 heterocycles. The first-order valence-corrected chi connectivity index (χ1v) is 5.74. The number of ether oxygens (including phenoxy) is 2. The van der Waals surface area contributed by atoms with Crippen LogP contribution in [0.25, 0.3) is 0 Å². The van der Waals surface area contributed by atoms with Crippen molar-refractivity contribution in [2.75, 3.05) is 19.8 Å². The summed E-state index contributed by atoms with van der Waals surface area (Å²) in [5.41, 5.74) is 5.01. The summed E-state index contributed by atoms with van der Waals surface area (Å²) in [4.78, 5) is 33.2. The molecule has 0 aromatic rings. The second-order valence-electron chi connectivity index (χ2n) is 3.41. The van der Waals surface area contributed by atoms with Crippen LogP contribution >= 0.6 is 0 Å². The standard InChI is InChI=1S/C7H9NO3.C5H11NO2/c1-6(2)7(10)11-4-3-8-5-9;1-2-3-4-8-5(6)7/h1,3-4H2,2H3;2-4H2,1H3,(H2,6,7). The normalized spacial score (nSPS) is 8.32. The Balaban J connectivity index is 0. The van der Waals surface area contributed by atoms with Crippen molar-refractivity contribution >= 4 is 18.1 Å². The average molecular weight is 272 g/mol. The van der Waals surface area contributed by atoms with Crippen LogP contribution in [0.3, 0.4) is 0 Å². The number of hydrogen-bond acceptors (Lipinski definition) is 6. The lowest BCUT2D eigenvalue weighted by Crippen LogP contribution is -2.13. The van der Waals surface area contributed by atoms with Crippen molar-refractivity contribution in [2.45, 2.75) is 26.7 Å². The summed E-state index contributed by atoms with van der Waals surface area (Å²) in [6.07, 6.45) is 2.56. The molecule has 0 aromatic heterocycles. The van der Waals surface area contributed by atoms with E-state index in [1.807, 2.05) is 6.92 Å². The fraction of sp³-hybridized carbons (Fsp3) is 0.583. The number of amides is 1. The molecule has 0 atom stereocenters. The molecule has 0 saturated carbocycles. The van der Waals surface area contributed by atoms with E-state index in [-0.39, 0.29) is 13.2 Å². The highest BCUT2D eigenvalue weighted by molar-refractivity contribution is 5.86. The number of esters is 1. The van der Waals surface area contributed by atoms with Gasteiger partial charge in [0.1, 0.15) is 6.61 Å². The quantitative estimate of drug-likeness (QED) is 0.247. The molecule has 0 aliphatic heterocycles. The first-order chi connectivity index (χ1) is 8.95. The molecule has 0 bridgehead atoms. The lowest BCUT2D eigenvalue weighted by molar-refractivity contribution is -0.138. The Hall–Kier alpha value is -2.14. The number of unbranched alkanes of at least 4 members (excludes halogenated alkanes) is 1. The van der Waals surface area contributed by atoms with Gasteiger partial charge in [0.25, 0.3) is 0 Å². The van der Waals surface area contributed by atoms with Gasteiger partial charge in [0, 0.05) is 5.57 Å². The van der Waals surface area contributed by atoms with Gasteiger partial charge in [-0.15, -0.1) is 0 Å². The Morgan fingerprint density at radius 3 is 2.37 bits per heavy atom. The molecule has 1 amide bonds. The van der Waals surface area contributed by atoms with E-state index >= 15 is 0 Å². The number of primary amides is 1. The van der Waals surface area contributed by atoms with Gasteiger partial charge in [-0.1, -0.05) is 19.9 Å². The lowest BCUT2D eigenvalue weighted by atomic mass is 10.4. The monoisotopic (exact) mass is 272 g/mol. The van der Waals surface area contributed by atoms with E-state index in [1.165, 1.54) is 6.08 Å². The van der Waals surface area contributed by atoms with E-state index in [1.54, 1.807) is 6.92 Å². The van der Waals surface area contributed by atoms with Crippen molar-refractivity contribution in [1.82, 2.24) is 0 Å². The van der Waals surface area contributed by atoms with E-state index in [0.717, 1.165) is 12.8 Å². The van der Waals surface area contributed by atoms with Gasteiger partial charge >= 0.3 is 12.1 Å². The van der Waals surface area contributed by atoms with Crippen molar-refractivity contribution in [2.24, 2.45) is 10.7 Å². The third-order valence-corrected chi connectivity index (χ3v) is 1.59. The summed E-state index contributed by atoms with van der Waals surface area (Å²) in [5, 5.41) is 0. The topological polar surface area (TPSA) is 108 Å². The second-order valence-corrected chi connectivity index (χ2v) is 3.41. The molecule has 0 aromatic carbocycles. The Labute approximate surface area is 112 Å². The van der Waals surface area contributed by atoms with Gasteiger partial charge < -0.3 is 15.2 Å². The van der Waals surface area contributed by atoms with Crippen LogP contribution in [0.2, 0.25) is 0 Å².